The Morgan fingerprint density at radius 3 is 2.42 bits per heavy atom. The van der Waals surface area contributed by atoms with Gasteiger partial charge >= 0.3 is 0 Å². The summed E-state index contributed by atoms with van der Waals surface area (Å²) in [6.07, 6.45) is 4.80. The Morgan fingerprint density at radius 1 is 1.33 bits per heavy atom. The quantitative estimate of drug-likeness (QED) is 0.468. The monoisotopic (exact) mass is 186 g/mol. The summed E-state index contributed by atoms with van der Waals surface area (Å²) in [6.45, 7) is 1.72. The molecule has 0 atom stereocenters. The van der Waals surface area contributed by atoms with Gasteiger partial charge in [0.05, 0.1) is 5.03 Å². The maximum absolute atomic E-state index is 11.3. The first kappa shape index (κ1) is 9.45. The molecule has 3 nitrogen and oxygen atoms in total. The molecule has 0 aromatic heterocycles. The predicted molar refractivity (Wildman–Crippen MR) is 51.7 cm³/mol. The molecule has 0 radical (unpaired) electrons. The number of thiol groups is 1. The van der Waals surface area contributed by atoms with Crippen LogP contribution in [0.15, 0.2) is 11.1 Å². The topological polar surface area (TPSA) is 46.3 Å². The number of nitrogens with zero attached hydrogens (tertiary/aromatic N) is 1. The largest absolute Gasteiger partial charge is 0.394 e. The van der Waals surface area contributed by atoms with Crippen LogP contribution < -0.4 is 5.73 Å². The van der Waals surface area contributed by atoms with Gasteiger partial charge in [0.25, 0.3) is 0 Å². The van der Waals surface area contributed by atoms with Gasteiger partial charge in [-0.25, -0.2) is 0 Å². The minimum atomic E-state index is -0.0119. The molecule has 1 amide bonds. The summed E-state index contributed by atoms with van der Waals surface area (Å²) < 4.78 is 0. The van der Waals surface area contributed by atoms with Gasteiger partial charge in [-0.2, -0.15) is 0 Å². The van der Waals surface area contributed by atoms with E-state index in [2.05, 4.69) is 12.6 Å². The van der Waals surface area contributed by atoms with E-state index in [0.29, 0.717) is 0 Å². The summed E-state index contributed by atoms with van der Waals surface area (Å²) in [6, 6.07) is 0. The number of hydrogen-bond donors (Lipinski definition) is 2. The summed E-state index contributed by atoms with van der Waals surface area (Å²) in [5, 5.41) is 0.283. The Labute approximate surface area is 78.0 Å². The van der Waals surface area contributed by atoms with Gasteiger partial charge in [-0.3, -0.25) is 4.79 Å². The molecule has 0 bridgehead atoms. The molecule has 4 heteroatoms. The van der Waals surface area contributed by atoms with Gasteiger partial charge < -0.3 is 10.6 Å². The number of amides is 1. The average Bonchev–Trinajstić information content (AvgIpc) is 2.05. The summed E-state index contributed by atoms with van der Waals surface area (Å²) in [4.78, 5) is 13.1. The number of hydrogen-bond acceptors (Lipinski definition) is 3. The Balaban J connectivity index is 2.45. The molecule has 1 rings (SSSR count). The van der Waals surface area contributed by atoms with E-state index in [-0.39, 0.29) is 10.9 Å². The molecule has 2 N–H and O–H groups in total. The van der Waals surface area contributed by atoms with Crippen LogP contribution in [-0.2, 0) is 4.79 Å². The fourth-order valence-electron chi connectivity index (χ4n) is 1.33. The minimum absolute atomic E-state index is 0.0119. The second-order valence-corrected chi connectivity index (χ2v) is 3.47. The van der Waals surface area contributed by atoms with Gasteiger partial charge in [-0.05, 0) is 19.3 Å². The fraction of sp³-hybridized carbons (Fsp3) is 0.625. The van der Waals surface area contributed by atoms with Gasteiger partial charge in [0, 0.05) is 19.2 Å². The zero-order valence-electron chi connectivity index (χ0n) is 6.99. The Kier molecular flexibility index (Phi) is 3.47. The lowest BCUT2D eigenvalue weighted by atomic mass is 10.1. The second-order valence-electron chi connectivity index (χ2n) is 2.96. The average molecular weight is 186 g/mol. The second kappa shape index (κ2) is 4.40. The molecule has 0 spiro atoms. The van der Waals surface area contributed by atoms with Crippen LogP contribution in [0, 0.1) is 0 Å². The van der Waals surface area contributed by atoms with Crippen LogP contribution >= 0.6 is 12.6 Å². The van der Waals surface area contributed by atoms with Gasteiger partial charge in [0.2, 0.25) is 5.91 Å². The molecule has 1 aliphatic rings. The molecule has 12 heavy (non-hydrogen) atoms. The molecule has 0 saturated carbocycles. The highest BCUT2D eigenvalue weighted by Crippen LogP contribution is 2.09. The number of carbonyl (C=O) groups is 1. The third-order valence-corrected chi connectivity index (χ3v) is 2.07. The summed E-state index contributed by atoms with van der Waals surface area (Å²) >= 11 is 3.85. The maximum atomic E-state index is 11.3. The van der Waals surface area contributed by atoms with Crippen LogP contribution in [0.2, 0.25) is 0 Å². The van der Waals surface area contributed by atoms with Crippen molar-refractivity contribution >= 4 is 18.5 Å². The molecule has 1 fully saturated rings. The first-order chi connectivity index (χ1) is 5.70. The van der Waals surface area contributed by atoms with E-state index in [1.807, 2.05) is 4.90 Å². The van der Waals surface area contributed by atoms with Crippen molar-refractivity contribution in [3.8, 4) is 0 Å². The van der Waals surface area contributed by atoms with Crippen LogP contribution in [0.3, 0.4) is 0 Å². The van der Waals surface area contributed by atoms with Crippen molar-refractivity contribution in [1.82, 2.24) is 4.90 Å². The number of piperidine rings is 1. The highest BCUT2D eigenvalue weighted by molar-refractivity contribution is 7.84. The van der Waals surface area contributed by atoms with E-state index in [0.717, 1.165) is 25.9 Å². The van der Waals surface area contributed by atoms with Crippen molar-refractivity contribution in [2.24, 2.45) is 5.73 Å². The van der Waals surface area contributed by atoms with E-state index in [4.69, 9.17) is 5.73 Å². The van der Waals surface area contributed by atoms with Crippen molar-refractivity contribution in [2.45, 2.75) is 19.3 Å². The lowest BCUT2D eigenvalue weighted by Gasteiger charge is -2.25. The smallest absolute Gasteiger partial charge is 0.249 e. The van der Waals surface area contributed by atoms with Gasteiger partial charge in [-0.1, -0.05) is 0 Å². The minimum Gasteiger partial charge on any atom is -0.394 e. The Hall–Kier alpha value is -0.640. The lowest BCUT2D eigenvalue weighted by molar-refractivity contribution is -0.126. The highest BCUT2D eigenvalue weighted by atomic mass is 32.1. The predicted octanol–water partition coefficient (Wildman–Crippen LogP) is 0.729. The Bertz CT molecular complexity index is 193. The molecule has 1 aliphatic heterocycles. The fourth-order valence-corrected chi connectivity index (χ4v) is 1.44. The third kappa shape index (κ3) is 2.77. The zero-order valence-corrected chi connectivity index (χ0v) is 7.89. The first-order valence-electron chi connectivity index (χ1n) is 4.15. The maximum Gasteiger partial charge on any atom is 0.249 e. The molecule has 0 aliphatic carbocycles. The summed E-state index contributed by atoms with van der Waals surface area (Å²) in [5.74, 6) is -0.0119. The van der Waals surface area contributed by atoms with Gasteiger partial charge in [-0.15, -0.1) is 12.6 Å². The lowest BCUT2D eigenvalue weighted by Crippen LogP contribution is -2.34. The normalized spacial score (nSPS) is 19.4. The third-order valence-electron chi connectivity index (χ3n) is 1.94. The molecule has 0 aromatic carbocycles. The molecule has 0 aromatic rings. The molecule has 68 valence electrons. The van der Waals surface area contributed by atoms with Crippen LogP contribution in [0.25, 0.3) is 0 Å². The SMILES string of the molecule is N/C(S)=C/C(=O)N1CCCCC1. The molecule has 1 saturated heterocycles. The highest BCUT2D eigenvalue weighted by Gasteiger charge is 2.13. The van der Waals surface area contributed by atoms with E-state index in [1.165, 1.54) is 12.5 Å². The van der Waals surface area contributed by atoms with Crippen LogP contribution in [0.4, 0.5) is 0 Å². The van der Waals surface area contributed by atoms with Crippen molar-refractivity contribution in [1.29, 1.82) is 0 Å². The first-order valence-corrected chi connectivity index (χ1v) is 4.60. The summed E-state index contributed by atoms with van der Waals surface area (Å²) in [5.41, 5.74) is 5.28. The summed E-state index contributed by atoms with van der Waals surface area (Å²) in [7, 11) is 0. The van der Waals surface area contributed by atoms with Crippen LogP contribution in [-0.4, -0.2) is 23.9 Å². The van der Waals surface area contributed by atoms with Gasteiger partial charge in [0.15, 0.2) is 0 Å². The van der Waals surface area contributed by atoms with Crippen molar-refractivity contribution in [2.75, 3.05) is 13.1 Å². The number of nitrogens with two attached hydrogens (primary N) is 1. The number of likely N-dealkylation sites (tertiary alicyclic amines) is 1. The van der Waals surface area contributed by atoms with Gasteiger partial charge in [0.1, 0.15) is 0 Å². The Morgan fingerprint density at radius 2 is 1.92 bits per heavy atom. The van der Waals surface area contributed by atoms with Crippen molar-refractivity contribution < 1.29 is 4.79 Å². The molecular formula is C8H14N2OS. The molecular weight excluding hydrogens is 172 g/mol. The molecule has 0 unspecified atom stereocenters. The number of carbonyl (C=O) groups excluding carboxylic acids is 1. The van der Waals surface area contributed by atoms with Crippen LogP contribution in [0.5, 0.6) is 0 Å². The molecule has 1 heterocycles. The van der Waals surface area contributed by atoms with E-state index < -0.39 is 0 Å². The standard InChI is InChI=1S/C8H14N2OS/c9-7(12)6-8(11)10-4-2-1-3-5-10/h6,12H,1-5,9H2/b7-6-. The number of rotatable bonds is 1. The van der Waals surface area contributed by atoms with E-state index >= 15 is 0 Å². The van der Waals surface area contributed by atoms with Crippen LogP contribution in [0.1, 0.15) is 19.3 Å². The van der Waals surface area contributed by atoms with Crippen molar-refractivity contribution in [3.63, 3.8) is 0 Å². The zero-order chi connectivity index (χ0) is 8.97. The van der Waals surface area contributed by atoms with Crippen molar-refractivity contribution in [3.05, 3.63) is 11.1 Å². The van der Waals surface area contributed by atoms with E-state index in [1.54, 1.807) is 0 Å². The van der Waals surface area contributed by atoms with E-state index in [9.17, 15) is 4.79 Å².